The Hall–Kier alpha value is -4.99. The van der Waals surface area contributed by atoms with Gasteiger partial charge in [0.05, 0.1) is 24.3 Å². The van der Waals surface area contributed by atoms with Crippen molar-refractivity contribution in [1.82, 2.24) is 0 Å². The Morgan fingerprint density at radius 1 is 0.783 bits per heavy atom. The number of nitrogens with zero attached hydrogens (tertiary/aromatic N) is 1. The number of phenols is 1. The highest BCUT2D eigenvalue weighted by Gasteiger charge is 2.26. The van der Waals surface area contributed by atoms with Crippen molar-refractivity contribution in [2.24, 2.45) is 4.99 Å². The summed E-state index contributed by atoms with van der Waals surface area (Å²) >= 11 is 5.68. The van der Waals surface area contributed by atoms with Crippen LogP contribution in [-0.2, 0) is 19.1 Å². The maximum absolute atomic E-state index is 13.9. The van der Waals surface area contributed by atoms with Gasteiger partial charge in [0, 0.05) is 17.3 Å². The van der Waals surface area contributed by atoms with Crippen molar-refractivity contribution in [3.8, 4) is 5.75 Å². The first-order valence-corrected chi connectivity index (χ1v) is 12.9. The smallest absolute Gasteiger partial charge is 0.343 e. The fourth-order valence-electron chi connectivity index (χ4n) is 3.26. The van der Waals surface area contributed by atoms with Crippen LogP contribution in [0.25, 0.3) is 5.76 Å². The third-order valence-electron chi connectivity index (χ3n) is 5.39. The first-order chi connectivity index (χ1) is 21.5. The number of esters is 2. The van der Waals surface area contributed by atoms with Crippen LogP contribution >= 0.6 is 11.6 Å². The van der Waals surface area contributed by atoms with Gasteiger partial charge in [-0.1, -0.05) is 11.6 Å². The third kappa shape index (κ3) is 9.03. The van der Waals surface area contributed by atoms with Crippen LogP contribution in [0.3, 0.4) is 0 Å². The van der Waals surface area contributed by atoms with Gasteiger partial charge < -0.3 is 19.7 Å². The number of ether oxygens (including phenoxy) is 2. The number of halogens is 9. The Labute approximate surface area is 259 Å². The minimum absolute atomic E-state index is 0.000730. The lowest BCUT2D eigenvalue weighted by Gasteiger charge is -2.09. The molecule has 3 rings (SSSR count). The molecular weight excluding hydrogens is 662 g/mol. The van der Waals surface area contributed by atoms with E-state index in [0.717, 1.165) is 6.07 Å². The number of aliphatic hydroxyl groups is 1. The predicted molar refractivity (Wildman–Crippen MR) is 146 cm³/mol. The molecule has 3 aromatic carbocycles. The summed E-state index contributed by atoms with van der Waals surface area (Å²) in [5.41, 5.74) is -3.03. The van der Waals surface area contributed by atoms with Gasteiger partial charge in [-0.15, -0.1) is 0 Å². The SMILES string of the molecule is CCOC(=O)C(C=Nc1ccc(Cl)cc1O)=C(O)c1cc(F)c(F)c(F)c1F.CCOC(=O)CC(=O)c1cc(F)c(F)c(F)c1F. The van der Waals surface area contributed by atoms with E-state index in [1.165, 1.54) is 26.0 Å². The van der Waals surface area contributed by atoms with Crippen LogP contribution in [0.1, 0.15) is 36.2 Å². The molecule has 0 saturated heterocycles. The molecule has 8 nitrogen and oxygen atoms in total. The lowest BCUT2D eigenvalue weighted by molar-refractivity contribution is -0.142. The number of rotatable bonds is 9. The largest absolute Gasteiger partial charge is 0.506 e. The highest BCUT2D eigenvalue weighted by molar-refractivity contribution is 6.30. The van der Waals surface area contributed by atoms with Crippen molar-refractivity contribution >= 4 is 47.0 Å². The van der Waals surface area contributed by atoms with Crippen molar-refractivity contribution in [2.75, 3.05) is 13.2 Å². The molecule has 0 amide bonds. The van der Waals surface area contributed by atoms with E-state index < -0.39 is 93.1 Å². The second kappa shape index (κ2) is 16.4. The first kappa shape index (κ1) is 37.2. The van der Waals surface area contributed by atoms with Gasteiger partial charge in [-0.05, 0) is 38.1 Å². The summed E-state index contributed by atoms with van der Waals surface area (Å²) in [5.74, 6) is -20.6. The molecule has 0 aromatic heterocycles. The number of benzene rings is 3. The van der Waals surface area contributed by atoms with Gasteiger partial charge in [0.2, 0.25) is 0 Å². The number of aliphatic hydroxyl groups excluding tert-OH is 1. The maximum Gasteiger partial charge on any atom is 0.343 e. The third-order valence-corrected chi connectivity index (χ3v) is 5.63. The molecule has 246 valence electrons. The molecule has 46 heavy (non-hydrogen) atoms. The average molecular weight is 682 g/mol. The molecule has 0 unspecified atom stereocenters. The summed E-state index contributed by atoms with van der Waals surface area (Å²) in [6.07, 6.45) is -0.190. The Morgan fingerprint density at radius 3 is 1.83 bits per heavy atom. The highest BCUT2D eigenvalue weighted by Crippen LogP contribution is 2.30. The zero-order valence-corrected chi connectivity index (χ0v) is 24.1. The molecular formula is C29H20ClF8NO7. The van der Waals surface area contributed by atoms with E-state index in [0.29, 0.717) is 6.21 Å². The van der Waals surface area contributed by atoms with Gasteiger partial charge in [0.25, 0.3) is 0 Å². The summed E-state index contributed by atoms with van der Waals surface area (Å²) in [4.78, 5) is 38.1. The molecule has 0 fully saturated rings. The van der Waals surface area contributed by atoms with E-state index in [-0.39, 0.29) is 41.8 Å². The number of hydrogen-bond acceptors (Lipinski definition) is 8. The van der Waals surface area contributed by atoms with Crippen molar-refractivity contribution in [1.29, 1.82) is 0 Å². The van der Waals surface area contributed by atoms with Gasteiger partial charge in [0.15, 0.2) is 52.3 Å². The fourth-order valence-corrected chi connectivity index (χ4v) is 3.43. The minimum Gasteiger partial charge on any atom is -0.506 e. The number of carbonyl (C=O) groups is 3. The van der Waals surface area contributed by atoms with Crippen LogP contribution in [0, 0.1) is 46.5 Å². The van der Waals surface area contributed by atoms with E-state index >= 15 is 0 Å². The second-order valence-corrected chi connectivity index (χ2v) is 8.91. The molecule has 3 aromatic rings. The Kier molecular flexibility index (Phi) is 13.2. The number of carbonyl (C=O) groups excluding carboxylic acids is 3. The van der Waals surface area contributed by atoms with E-state index in [9.17, 15) is 59.7 Å². The molecule has 17 heteroatoms. The quantitative estimate of drug-likeness (QED) is 0.0282. The van der Waals surface area contributed by atoms with Crippen LogP contribution in [0.4, 0.5) is 40.8 Å². The number of Topliss-reactive ketones (excluding diaryl/α,β-unsaturated/α-hetero) is 1. The van der Waals surface area contributed by atoms with Crippen LogP contribution < -0.4 is 0 Å². The van der Waals surface area contributed by atoms with E-state index in [4.69, 9.17) is 16.3 Å². The van der Waals surface area contributed by atoms with Crippen molar-refractivity contribution in [2.45, 2.75) is 20.3 Å². The predicted octanol–water partition coefficient (Wildman–Crippen LogP) is 7.22. The van der Waals surface area contributed by atoms with Crippen LogP contribution in [-0.4, -0.2) is 47.4 Å². The molecule has 0 atom stereocenters. The molecule has 0 aliphatic heterocycles. The van der Waals surface area contributed by atoms with E-state index in [2.05, 4.69) is 9.73 Å². The van der Waals surface area contributed by atoms with Crippen LogP contribution in [0.5, 0.6) is 5.75 Å². The highest BCUT2D eigenvalue weighted by atomic mass is 35.5. The summed E-state index contributed by atoms with van der Waals surface area (Å²) in [6.45, 7) is 2.78. The number of phenolic OH excluding ortho intramolecular Hbond substituents is 1. The maximum atomic E-state index is 13.9. The number of aliphatic imine (C=N–C) groups is 1. The lowest BCUT2D eigenvalue weighted by Crippen LogP contribution is -2.14. The molecule has 0 aliphatic rings. The van der Waals surface area contributed by atoms with Gasteiger partial charge >= 0.3 is 11.9 Å². The Bertz CT molecular complexity index is 1730. The summed E-state index contributed by atoms with van der Waals surface area (Å²) < 4.78 is 114. The normalized spacial score (nSPS) is 11.5. The summed E-state index contributed by atoms with van der Waals surface area (Å²) in [6, 6.07) is 4.16. The topological polar surface area (TPSA) is 122 Å². The monoisotopic (exact) mass is 681 g/mol. The zero-order chi connectivity index (χ0) is 34.9. The zero-order valence-electron chi connectivity index (χ0n) is 23.4. The molecule has 0 saturated carbocycles. The van der Waals surface area contributed by atoms with Gasteiger partial charge in [-0.2, -0.15) is 0 Å². The molecule has 0 aliphatic carbocycles. The van der Waals surface area contributed by atoms with E-state index in [1.807, 2.05) is 0 Å². The average Bonchev–Trinajstić information content (AvgIpc) is 3.00. The molecule has 0 spiro atoms. The van der Waals surface area contributed by atoms with Crippen LogP contribution in [0.15, 0.2) is 40.9 Å². The lowest BCUT2D eigenvalue weighted by atomic mass is 10.1. The molecule has 0 heterocycles. The van der Waals surface area contributed by atoms with Gasteiger partial charge in [0.1, 0.15) is 29.2 Å². The van der Waals surface area contributed by atoms with Gasteiger partial charge in [-0.25, -0.2) is 39.9 Å². The number of hydrogen-bond donors (Lipinski definition) is 2. The molecule has 2 N–H and O–H groups in total. The molecule has 0 bridgehead atoms. The minimum atomic E-state index is -2.17. The first-order valence-electron chi connectivity index (χ1n) is 12.5. The summed E-state index contributed by atoms with van der Waals surface area (Å²) in [7, 11) is 0. The van der Waals surface area contributed by atoms with Crippen molar-refractivity contribution in [3.63, 3.8) is 0 Å². The summed E-state index contributed by atoms with van der Waals surface area (Å²) in [5, 5.41) is 20.1. The van der Waals surface area contributed by atoms with Crippen molar-refractivity contribution < 1.29 is 69.2 Å². The Morgan fingerprint density at radius 2 is 1.30 bits per heavy atom. The van der Waals surface area contributed by atoms with Crippen LogP contribution in [0.2, 0.25) is 5.02 Å². The molecule has 0 radical (unpaired) electrons. The second-order valence-electron chi connectivity index (χ2n) is 8.47. The van der Waals surface area contributed by atoms with Gasteiger partial charge in [-0.3, -0.25) is 14.6 Å². The van der Waals surface area contributed by atoms with Crippen molar-refractivity contribution in [3.05, 3.63) is 98.6 Å². The standard InChI is InChI=1S/C18H12ClF4NO4.C11H8F4O3/c1-2-28-18(27)10(7-24-12-4-3-8(19)5-13(12)25)17(26)9-6-11(20)15(22)16(23)14(9)21;1-2-18-8(17)4-7(16)5-3-6(12)10(14)11(15)9(5)13/h3-7,25-26H,2H2,1H3;3H,2,4H2,1H3. The Balaban J connectivity index is 0.000000353. The van der Waals surface area contributed by atoms with E-state index in [1.54, 1.807) is 0 Å². The fraction of sp³-hybridized carbons (Fsp3) is 0.172. The number of ketones is 1. The number of aromatic hydroxyl groups is 1.